The Morgan fingerprint density at radius 1 is 1.59 bits per heavy atom. The van der Waals surface area contributed by atoms with Gasteiger partial charge < -0.3 is 10.1 Å². The lowest BCUT2D eigenvalue weighted by molar-refractivity contribution is -0.143. The van der Waals surface area contributed by atoms with E-state index in [-0.39, 0.29) is 17.6 Å². The zero-order chi connectivity index (χ0) is 15.7. The van der Waals surface area contributed by atoms with Gasteiger partial charge in [0, 0.05) is 29.4 Å². The van der Waals surface area contributed by atoms with Gasteiger partial charge in [0.2, 0.25) is 0 Å². The maximum atomic E-state index is 12.4. The maximum Gasteiger partial charge on any atom is 0.323 e. The van der Waals surface area contributed by atoms with Gasteiger partial charge in [-0.1, -0.05) is 0 Å². The van der Waals surface area contributed by atoms with Crippen LogP contribution in [0.4, 0.5) is 0 Å². The Morgan fingerprint density at radius 3 is 3.05 bits per heavy atom. The summed E-state index contributed by atoms with van der Waals surface area (Å²) in [6, 6.07) is -0.258. The molecule has 1 fully saturated rings. The highest BCUT2D eigenvalue weighted by Crippen LogP contribution is 2.33. The Labute approximate surface area is 132 Å². The molecule has 2 heterocycles. The minimum Gasteiger partial charge on any atom is -0.468 e. The number of ether oxygens (including phenoxy) is 1. The molecule has 0 amide bonds. The van der Waals surface area contributed by atoms with Crippen molar-refractivity contribution >= 4 is 22.3 Å². The number of esters is 1. The molecule has 1 unspecified atom stereocenters. The van der Waals surface area contributed by atoms with Crippen LogP contribution in [-0.2, 0) is 16.0 Å². The minimum atomic E-state index is -0.258. The summed E-state index contributed by atoms with van der Waals surface area (Å²) in [6.07, 6.45) is 4.40. The third-order valence-corrected chi connectivity index (χ3v) is 4.81. The van der Waals surface area contributed by atoms with Crippen molar-refractivity contribution in [3.8, 4) is 0 Å². The van der Waals surface area contributed by atoms with E-state index in [1.54, 1.807) is 10.6 Å². The highest BCUT2D eigenvalue weighted by Gasteiger charge is 2.36. The van der Waals surface area contributed by atoms with Crippen LogP contribution < -0.4 is 10.9 Å². The van der Waals surface area contributed by atoms with Gasteiger partial charge in [-0.15, -0.1) is 11.3 Å². The van der Waals surface area contributed by atoms with E-state index in [0.717, 1.165) is 18.5 Å². The Bertz CT molecular complexity index is 748. The predicted molar refractivity (Wildman–Crippen MR) is 84.3 cm³/mol. The molecule has 1 N–H and O–H groups in total. The zero-order valence-corrected chi connectivity index (χ0v) is 13.5. The first-order valence-electron chi connectivity index (χ1n) is 7.38. The molecular formula is C15H19N3O3S. The molecule has 0 aromatic carbocycles. The number of aryl methyl sites for hydroxylation is 1. The third kappa shape index (κ3) is 2.91. The van der Waals surface area contributed by atoms with Crippen molar-refractivity contribution in [2.24, 2.45) is 5.92 Å². The number of hydrogen-bond donors (Lipinski definition) is 1. The fraction of sp³-hybridized carbons (Fsp3) is 0.533. The van der Waals surface area contributed by atoms with E-state index in [2.05, 4.69) is 10.3 Å². The summed E-state index contributed by atoms with van der Waals surface area (Å²) < 4.78 is 6.41. The summed E-state index contributed by atoms with van der Waals surface area (Å²) in [5.74, 6) is 0.148. The number of carbonyl (C=O) groups is 1. The molecule has 7 heteroatoms. The number of rotatable bonds is 6. The van der Waals surface area contributed by atoms with E-state index in [1.807, 2.05) is 12.3 Å². The number of hydrogen-bond acceptors (Lipinski definition) is 6. The van der Waals surface area contributed by atoms with Crippen molar-refractivity contribution in [1.82, 2.24) is 14.7 Å². The first-order chi connectivity index (χ1) is 10.6. The van der Waals surface area contributed by atoms with E-state index in [0.29, 0.717) is 29.4 Å². The van der Waals surface area contributed by atoms with E-state index < -0.39 is 0 Å². The van der Waals surface area contributed by atoms with Gasteiger partial charge in [0.15, 0.2) is 4.96 Å². The first kappa shape index (κ1) is 15.2. The molecule has 0 aliphatic heterocycles. The van der Waals surface area contributed by atoms with Crippen LogP contribution in [0.1, 0.15) is 24.1 Å². The quantitative estimate of drug-likeness (QED) is 0.808. The molecule has 22 heavy (non-hydrogen) atoms. The van der Waals surface area contributed by atoms with Crippen molar-refractivity contribution in [1.29, 1.82) is 0 Å². The molecule has 3 rings (SSSR count). The molecule has 1 aliphatic rings. The SMILES string of the molecule is COC(=O)C(NCCc1c(C)nc2sccn2c1=O)C1CC1. The average Bonchev–Trinajstić information content (AvgIpc) is 3.23. The first-order valence-corrected chi connectivity index (χ1v) is 8.26. The van der Waals surface area contributed by atoms with Gasteiger partial charge in [-0.3, -0.25) is 14.0 Å². The van der Waals surface area contributed by atoms with Gasteiger partial charge in [0.25, 0.3) is 5.56 Å². The van der Waals surface area contributed by atoms with Crippen molar-refractivity contribution in [3.05, 3.63) is 33.2 Å². The lowest BCUT2D eigenvalue weighted by Crippen LogP contribution is -2.41. The topological polar surface area (TPSA) is 72.7 Å². The number of methoxy groups -OCH3 is 1. The molecule has 0 bridgehead atoms. The van der Waals surface area contributed by atoms with E-state index >= 15 is 0 Å². The zero-order valence-electron chi connectivity index (χ0n) is 12.7. The van der Waals surface area contributed by atoms with Crippen LogP contribution in [0.5, 0.6) is 0 Å². The second-order valence-electron chi connectivity index (χ2n) is 5.58. The predicted octanol–water partition coefficient (Wildman–Crippen LogP) is 1.15. The fourth-order valence-electron chi connectivity index (χ4n) is 2.66. The Balaban J connectivity index is 1.71. The fourth-order valence-corrected chi connectivity index (χ4v) is 3.41. The van der Waals surface area contributed by atoms with Gasteiger partial charge in [-0.05, 0) is 32.1 Å². The average molecular weight is 321 g/mol. The molecule has 2 aromatic heterocycles. The van der Waals surface area contributed by atoms with Crippen molar-refractivity contribution in [3.63, 3.8) is 0 Å². The van der Waals surface area contributed by atoms with E-state index in [1.165, 1.54) is 18.4 Å². The number of nitrogens with one attached hydrogen (secondary N) is 1. The van der Waals surface area contributed by atoms with Gasteiger partial charge in [-0.25, -0.2) is 4.98 Å². The summed E-state index contributed by atoms with van der Waals surface area (Å²) >= 11 is 1.45. The molecule has 0 saturated heterocycles. The van der Waals surface area contributed by atoms with Gasteiger partial charge in [0.1, 0.15) is 6.04 Å². The van der Waals surface area contributed by atoms with Crippen LogP contribution in [0.25, 0.3) is 4.96 Å². The van der Waals surface area contributed by atoms with Crippen LogP contribution in [0.3, 0.4) is 0 Å². The van der Waals surface area contributed by atoms with Gasteiger partial charge >= 0.3 is 5.97 Å². The summed E-state index contributed by atoms with van der Waals surface area (Å²) in [4.78, 5) is 29.3. The molecule has 1 atom stereocenters. The number of carbonyl (C=O) groups excluding carboxylic acids is 1. The smallest absolute Gasteiger partial charge is 0.323 e. The molecule has 0 spiro atoms. The number of fused-ring (bicyclic) bond motifs is 1. The van der Waals surface area contributed by atoms with Crippen molar-refractivity contribution in [2.45, 2.75) is 32.2 Å². The highest BCUT2D eigenvalue weighted by atomic mass is 32.1. The van der Waals surface area contributed by atoms with Gasteiger partial charge in [0.05, 0.1) is 7.11 Å². The number of thiazole rings is 1. The van der Waals surface area contributed by atoms with Crippen molar-refractivity contribution in [2.75, 3.05) is 13.7 Å². The standard InChI is InChI=1S/C15H19N3O3S/c1-9-11(13(19)18-7-8-22-15(18)17-9)5-6-16-12(10-3-4-10)14(20)21-2/h7-8,10,12,16H,3-6H2,1-2H3. The largest absolute Gasteiger partial charge is 0.468 e. The minimum absolute atomic E-state index is 0.0217. The van der Waals surface area contributed by atoms with Crippen LogP contribution in [0.15, 0.2) is 16.4 Å². The van der Waals surface area contributed by atoms with Gasteiger partial charge in [-0.2, -0.15) is 0 Å². The highest BCUT2D eigenvalue weighted by molar-refractivity contribution is 7.15. The van der Waals surface area contributed by atoms with Crippen LogP contribution in [-0.4, -0.2) is 35.1 Å². The molecule has 118 valence electrons. The second-order valence-corrected chi connectivity index (χ2v) is 6.45. The lowest BCUT2D eigenvalue weighted by Gasteiger charge is -2.15. The summed E-state index contributed by atoms with van der Waals surface area (Å²) in [5, 5.41) is 5.08. The Hall–Kier alpha value is -1.73. The summed E-state index contributed by atoms with van der Waals surface area (Å²) in [7, 11) is 1.41. The molecular weight excluding hydrogens is 302 g/mol. The van der Waals surface area contributed by atoms with E-state index in [9.17, 15) is 9.59 Å². The third-order valence-electron chi connectivity index (χ3n) is 4.05. The molecule has 6 nitrogen and oxygen atoms in total. The number of nitrogens with zero attached hydrogens (tertiary/aromatic N) is 2. The molecule has 1 aliphatic carbocycles. The van der Waals surface area contributed by atoms with Crippen molar-refractivity contribution < 1.29 is 9.53 Å². The van der Waals surface area contributed by atoms with Crippen LogP contribution >= 0.6 is 11.3 Å². The number of aromatic nitrogens is 2. The summed E-state index contributed by atoms with van der Waals surface area (Å²) in [6.45, 7) is 2.42. The molecule has 0 radical (unpaired) electrons. The molecule has 1 saturated carbocycles. The monoisotopic (exact) mass is 321 g/mol. The second kappa shape index (κ2) is 6.18. The maximum absolute atomic E-state index is 12.4. The normalized spacial score (nSPS) is 15.9. The van der Waals surface area contributed by atoms with E-state index in [4.69, 9.17) is 4.74 Å². The Kier molecular flexibility index (Phi) is 4.26. The molecule has 2 aromatic rings. The van der Waals surface area contributed by atoms with Crippen LogP contribution in [0, 0.1) is 12.8 Å². The van der Waals surface area contributed by atoms with Crippen LogP contribution in [0.2, 0.25) is 0 Å². The lowest BCUT2D eigenvalue weighted by atomic mass is 10.1. The Morgan fingerprint density at radius 2 is 2.36 bits per heavy atom. The summed E-state index contributed by atoms with van der Waals surface area (Å²) in [5.41, 5.74) is 1.43.